The number of hydrogen-bond donors (Lipinski definition) is 0. The molecule has 0 unspecified atom stereocenters. The number of aromatic nitrogens is 2. The van der Waals surface area contributed by atoms with E-state index in [1.807, 2.05) is 0 Å². The standard InChI is InChI=1S/C5H6ClN3O4S/c1-3-7-4(9(10)11)5(8(3)2)14(6,12)13/h1-2H3. The van der Waals surface area contributed by atoms with E-state index in [2.05, 4.69) is 4.98 Å². The van der Waals surface area contributed by atoms with Gasteiger partial charge in [0.25, 0.3) is 14.1 Å². The number of halogens is 1. The van der Waals surface area contributed by atoms with Crippen molar-refractivity contribution in [3.8, 4) is 0 Å². The molecule has 9 heteroatoms. The Kier molecular flexibility index (Phi) is 2.50. The summed E-state index contributed by atoms with van der Waals surface area (Å²) < 4.78 is 23.0. The van der Waals surface area contributed by atoms with Crippen molar-refractivity contribution in [1.29, 1.82) is 0 Å². The lowest BCUT2D eigenvalue weighted by molar-refractivity contribution is -0.392. The van der Waals surface area contributed by atoms with E-state index in [-0.39, 0.29) is 5.82 Å². The number of nitro groups is 1. The van der Waals surface area contributed by atoms with Gasteiger partial charge < -0.3 is 10.1 Å². The Bertz CT molecular complexity index is 491. The van der Waals surface area contributed by atoms with Crippen LogP contribution in [0.15, 0.2) is 5.03 Å². The maximum Gasteiger partial charge on any atom is 0.402 e. The average molecular weight is 240 g/mol. The topological polar surface area (TPSA) is 95.1 Å². The van der Waals surface area contributed by atoms with Gasteiger partial charge in [-0.3, -0.25) is 4.57 Å². The van der Waals surface area contributed by atoms with Crippen molar-refractivity contribution in [1.82, 2.24) is 9.55 Å². The van der Waals surface area contributed by atoms with Gasteiger partial charge in [0.2, 0.25) is 5.82 Å². The highest BCUT2D eigenvalue weighted by Crippen LogP contribution is 2.26. The van der Waals surface area contributed by atoms with Crippen LogP contribution < -0.4 is 0 Å². The van der Waals surface area contributed by atoms with Crippen molar-refractivity contribution in [2.45, 2.75) is 11.9 Å². The Hall–Kier alpha value is -1.15. The molecule has 0 aliphatic rings. The lowest BCUT2D eigenvalue weighted by Gasteiger charge is -1.96. The van der Waals surface area contributed by atoms with Crippen molar-refractivity contribution in [3.05, 3.63) is 15.9 Å². The summed E-state index contributed by atoms with van der Waals surface area (Å²) in [6.45, 7) is 1.44. The van der Waals surface area contributed by atoms with E-state index in [1.165, 1.54) is 14.0 Å². The van der Waals surface area contributed by atoms with Gasteiger partial charge >= 0.3 is 5.82 Å². The van der Waals surface area contributed by atoms with E-state index in [9.17, 15) is 18.5 Å². The van der Waals surface area contributed by atoms with Crippen LogP contribution in [0.1, 0.15) is 5.82 Å². The third kappa shape index (κ3) is 1.70. The molecule has 0 atom stereocenters. The molecule has 14 heavy (non-hydrogen) atoms. The second kappa shape index (κ2) is 3.21. The molecular formula is C5H6ClN3O4S. The van der Waals surface area contributed by atoms with Gasteiger partial charge in [-0.15, -0.1) is 0 Å². The molecule has 1 rings (SSSR count). The monoisotopic (exact) mass is 239 g/mol. The fourth-order valence-corrected chi connectivity index (χ4v) is 2.28. The summed E-state index contributed by atoms with van der Waals surface area (Å²) in [4.78, 5) is 13.0. The van der Waals surface area contributed by atoms with Gasteiger partial charge in [0, 0.05) is 24.7 Å². The molecule has 1 aromatic rings. The predicted molar refractivity (Wildman–Crippen MR) is 47.6 cm³/mol. The highest BCUT2D eigenvalue weighted by molar-refractivity contribution is 8.13. The van der Waals surface area contributed by atoms with E-state index in [0.29, 0.717) is 0 Å². The smallest absolute Gasteiger partial charge is 0.358 e. The second-order valence-electron chi connectivity index (χ2n) is 2.54. The van der Waals surface area contributed by atoms with Crippen LogP contribution in [0.2, 0.25) is 0 Å². The van der Waals surface area contributed by atoms with E-state index in [0.717, 1.165) is 4.57 Å². The third-order valence-corrected chi connectivity index (χ3v) is 3.01. The van der Waals surface area contributed by atoms with Crippen LogP contribution >= 0.6 is 10.7 Å². The lowest BCUT2D eigenvalue weighted by Crippen LogP contribution is -2.03. The molecule has 0 bridgehead atoms. The number of imidazole rings is 1. The molecule has 1 aromatic heterocycles. The van der Waals surface area contributed by atoms with Crippen LogP contribution in [0, 0.1) is 17.0 Å². The summed E-state index contributed by atoms with van der Waals surface area (Å²) in [7, 11) is 2.21. The number of aryl methyl sites for hydroxylation is 1. The zero-order chi connectivity index (χ0) is 11.1. The number of hydrogen-bond acceptors (Lipinski definition) is 5. The molecule has 78 valence electrons. The molecule has 0 aliphatic carbocycles. The fraction of sp³-hybridized carbons (Fsp3) is 0.400. The first kappa shape index (κ1) is 10.9. The van der Waals surface area contributed by atoms with E-state index in [4.69, 9.17) is 10.7 Å². The molecule has 0 fully saturated rings. The Balaban J connectivity index is 3.63. The summed E-state index contributed by atoms with van der Waals surface area (Å²) in [5.41, 5.74) is 0. The second-order valence-corrected chi connectivity index (χ2v) is 5.02. The van der Waals surface area contributed by atoms with Crippen LogP contribution in [-0.4, -0.2) is 22.9 Å². The molecule has 0 aromatic carbocycles. The van der Waals surface area contributed by atoms with E-state index in [1.54, 1.807) is 0 Å². The van der Waals surface area contributed by atoms with Crippen LogP contribution in [0.5, 0.6) is 0 Å². The third-order valence-electron chi connectivity index (χ3n) is 1.65. The average Bonchev–Trinajstić information content (AvgIpc) is 2.27. The molecule has 0 spiro atoms. The van der Waals surface area contributed by atoms with Crippen molar-refractivity contribution >= 4 is 25.6 Å². The lowest BCUT2D eigenvalue weighted by atomic mass is 10.7. The van der Waals surface area contributed by atoms with Gasteiger partial charge in [-0.05, 0) is 9.91 Å². The molecule has 0 radical (unpaired) electrons. The highest BCUT2D eigenvalue weighted by atomic mass is 35.7. The first-order valence-corrected chi connectivity index (χ1v) is 5.68. The van der Waals surface area contributed by atoms with Gasteiger partial charge in [-0.1, -0.05) is 0 Å². The fourth-order valence-electron chi connectivity index (χ4n) is 0.965. The van der Waals surface area contributed by atoms with Crippen LogP contribution in [0.3, 0.4) is 0 Å². The maximum absolute atomic E-state index is 11.0. The van der Waals surface area contributed by atoms with Crippen molar-refractivity contribution in [2.75, 3.05) is 0 Å². The molecule has 0 saturated heterocycles. The van der Waals surface area contributed by atoms with Crippen LogP contribution in [-0.2, 0) is 16.1 Å². The Morgan fingerprint density at radius 3 is 2.36 bits per heavy atom. The first-order valence-electron chi connectivity index (χ1n) is 3.37. The van der Waals surface area contributed by atoms with E-state index >= 15 is 0 Å². The van der Waals surface area contributed by atoms with Crippen LogP contribution in [0.25, 0.3) is 0 Å². The van der Waals surface area contributed by atoms with Crippen molar-refractivity contribution < 1.29 is 13.3 Å². The van der Waals surface area contributed by atoms with Gasteiger partial charge in [0.1, 0.15) is 0 Å². The Morgan fingerprint density at radius 2 is 2.07 bits per heavy atom. The molecule has 7 nitrogen and oxygen atoms in total. The maximum atomic E-state index is 11.0. The van der Waals surface area contributed by atoms with Crippen molar-refractivity contribution in [3.63, 3.8) is 0 Å². The normalized spacial score (nSPS) is 11.6. The predicted octanol–water partition coefficient (Wildman–Crippen LogP) is 0.564. The SMILES string of the molecule is Cc1nc([N+](=O)[O-])c(S(=O)(=O)Cl)n1C. The molecule has 0 amide bonds. The van der Waals surface area contributed by atoms with Gasteiger partial charge in [0.15, 0.2) is 0 Å². The Labute approximate surface area is 83.9 Å². The van der Waals surface area contributed by atoms with Gasteiger partial charge in [-0.25, -0.2) is 8.42 Å². The molecule has 0 saturated carbocycles. The highest BCUT2D eigenvalue weighted by Gasteiger charge is 2.32. The molecular weight excluding hydrogens is 234 g/mol. The molecule has 1 heterocycles. The summed E-state index contributed by atoms with van der Waals surface area (Å²) in [5, 5.41) is 9.84. The Morgan fingerprint density at radius 1 is 1.57 bits per heavy atom. The summed E-state index contributed by atoms with van der Waals surface area (Å²) >= 11 is 0. The van der Waals surface area contributed by atoms with Crippen molar-refractivity contribution in [2.24, 2.45) is 7.05 Å². The first-order chi connectivity index (χ1) is 6.25. The zero-order valence-electron chi connectivity index (χ0n) is 7.26. The zero-order valence-corrected chi connectivity index (χ0v) is 8.83. The van der Waals surface area contributed by atoms with E-state index < -0.39 is 24.8 Å². The number of rotatable bonds is 2. The van der Waals surface area contributed by atoms with Crippen LogP contribution in [0.4, 0.5) is 5.82 Å². The van der Waals surface area contributed by atoms with Gasteiger partial charge in [-0.2, -0.15) is 0 Å². The summed E-state index contributed by atoms with van der Waals surface area (Å²) in [6, 6.07) is 0. The summed E-state index contributed by atoms with van der Waals surface area (Å²) in [6.07, 6.45) is 0. The summed E-state index contributed by atoms with van der Waals surface area (Å²) in [5.74, 6) is -0.545. The minimum atomic E-state index is -4.16. The quantitative estimate of drug-likeness (QED) is 0.427. The largest absolute Gasteiger partial charge is 0.402 e. The minimum absolute atomic E-state index is 0.205. The number of nitrogens with zero attached hydrogens (tertiary/aromatic N) is 3. The minimum Gasteiger partial charge on any atom is -0.358 e. The van der Waals surface area contributed by atoms with Gasteiger partial charge in [0.05, 0.1) is 0 Å². The molecule has 0 N–H and O–H groups in total. The molecule has 0 aliphatic heterocycles.